The van der Waals surface area contributed by atoms with Gasteiger partial charge in [0.15, 0.2) is 0 Å². The Morgan fingerprint density at radius 3 is 2.70 bits per heavy atom. The third-order valence-electron chi connectivity index (χ3n) is 5.36. The number of hydrogen-bond acceptors (Lipinski definition) is 6. The summed E-state index contributed by atoms with van der Waals surface area (Å²) in [7, 11) is 0. The van der Waals surface area contributed by atoms with E-state index >= 15 is 0 Å². The summed E-state index contributed by atoms with van der Waals surface area (Å²) < 4.78 is 6.78. The second kappa shape index (κ2) is 8.95. The molecule has 0 saturated carbocycles. The molecule has 33 heavy (non-hydrogen) atoms. The number of nitrogens with zero attached hydrogens (tertiary/aromatic N) is 2. The van der Waals surface area contributed by atoms with E-state index in [9.17, 15) is 14.4 Å². The summed E-state index contributed by atoms with van der Waals surface area (Å²) in [4.78, 5) is 38.0. The first-order chi connectivity index (χ1) is 16.1. The van der Waals surface area contributed by atoms with Crippen molar-refractivity contribution < 1.29 is 14.0 Å². The molecule has 4 aromatic rings. The van der Waals surface area contributed by atoms with Gasteiger partial charge in [0.25, 0.3) is 5.91 Å². The second-order valence-corrected chi connectivity index (χ2v) is 8.61. The average molecular weight is 461 g/mol. The van der Waals surface area contributed by atoms with Gasteiger partial charge in [0, 0.05) is 29.0 Å². The Kier molecular flexibility index (Phi) is 5.70. The monoisotopic (exact) mass is 460 g/mol. The minimum atomic E-state index is -0.719. The summed E-state index contributed by atoms with van der Waals surface area (Å²) in [5, 5.41) is 10.8. The van der Waals surface area contributed by atoms with E-state index in [1.165, 1.54) is 10.7 Å². The van der Waals surface area contributed by atoms with Crippen LogP contribution in [0.15, 0.2) is 69.9 Å². The first kappa shape index (κ1) is 21.0. The van der Waals surface area contributed by atoms with Crippen molar-refractivity contribution in [3.05, 3.63) is 93.5 Å². The number of thioether (sulfide) groups is 1. The van der Waals surface area contributed by atoms with E-state index in [0.29, 0.717) is 34.8 Å². The number of anilines is 1. The number of para-hydroxylation sites is 1. The van der Waals surface area contributed by atoms with Gasteiger partial charge in [-0.1, -0.05) is 48.5 Å². The molecule has 166 valence electrons. The number of carbonyl (C=O) groups excluding carboxylic acids is 2. The molecular formula is C24H20N4O4S. The summed E-state index contributed by atoms with van der Waals surface area (Å²) in [5.41, 5.74) is 2.28. The van der Waals surface area contributed by atoms with Crippen molar-refractivity contribution in [2.75, 3.05) is 5.32 Å². The van der Waals surface area contributed by atoms with Crippen LogP contribution in [0, 0.1) is 0 Å². The number of fused-ring (bicyclic) bond motifs is 2. The molecule has 2 aromatic carbocycles. The quantitative estimate of drug-likeness (QED) is 0.428. The van der Waals surface area contributed by atoms with Crippen LogP contribution in [0.1, 0.15) is 27.2 Å². The molecule has 0 atom stereocenters. The number of aromatic nitrogens is 2. The molecule has 2 N–H and O–H groups in total. The SMILES string of the molecule is O=C(Cn1nc2c(c1NC(=O)c1cc3ccccc3oc1=O)CSC2)NCc1ccccc1. The van der Waals surface area contributed by atoms with Crippen LogP contribution in [0.25, 0.3) is 11.0 Å². The van der Waals surface area contributed by atoms with Gasteiger partial charge in [-0.2, -0.15) is 16.9 Å². The molecule has 3 heterocycles. The molecule has 5 rings (SSSR count). The highest BCUT2D eigenvalue weighted by Crippen LogP contribution is 2.34. The van der Waals surface area contributed by atoms with Crippen LogP contribution in [0.3, 0.4) is 0 Å². The van der Waals surface area contributed by atoms with Crippen LogP contribution in [0.2, 0.25) is 0 Å². The van der Waals surface area contributed by atoms with Crippen molar-refractivity contribution in [2.45, 2.75) is 24.6 Å². The first-order valence-electron chi connectivity index (χ1n) is 10.4. The molecule has 0 aliphatic carbocycles. The van der Waals surface area contributed by atoms with Crippen molar-refractivity contribution in [2.24, 2.45) is 0 Å². The van der Waals surface area contributed by atoms with E-state index in [0.717, 1.165) is 16.8 Å². The third-order valence-corrected chi connectivity index (χ3v) is 6.33. The number of benzene rings is 2. The van der Waals surface area contributed by atoms with Crippen molar-refractivity contribution in [1.29, 1.82) is 0 Å². The minimum Gasteiger partial charge on any atom is -0.422 e. The van der Waals surface area contributed by atoms with Gasteiger partial charge in [-0.25, -0.2) is 9.48 Å². The van der Waals surface area contributed by atoms with Crippen LogP contribution >= 0.6 is 11.8 Å². The van der Waals surface area contributed by atoms with Crippen LogP contribution in [0.5, 0.6) is 0 Å². The highest BCUT2D eigenvalue weighted by molar-refractivity contribution is 7.98. The summed E-state index contributed by atoms with van der Waals surface area (Å²) in [5.74, 6) is 0.980. The van der Waals surface area contributed by atoms with Crippen LogP contribution in [-0.4, -0.2) is 21.6 Å². The molecule has 9 heteroatoms. The van der Waals surface area contributed by atoms with Gasteiger partial charge in [-0.15, -0.1) is 0 Å². The summed E-state index contributed by atoms with van der Waals surface area (Å²) in [6.45, 7) is 0.350. The van der Waals surface area contributed by atoms with Crippen molar-refractivity contribution >= 4 is 40.4 Å². The number of hydrogen-bond donors (Lipinski definition) is 2. The van der Waals surface area contributed by atoms with Gasteiger partial charge in [0.2, 0.25) is 5.91 Å². The summed E-state index contributed by atoms with van der Waals surface area (Å²) >= 11 is 1.68. The van der Waals surface area contributed by atoms with Crippen molar-refractivity contribution in [3.63, 3.8) is 0 Å². The molecule has 0 unspecified atom stereocenters. The van der Waals surface area contributed by atoms with E-state index < -0.39 is 11.5 Å². The lowest BCUT2D eigenvalue weighted by Crippen LogP contribution is -2.29. The van der Waals surface area contributed by atoms with E-state index in [2.05, 4.69) is 15.7 Å². The third kappa shape index (κ3) is 4.40. The highest BCUT2D eigenvalue weighted by Gasteiger charge is 2.26. The van der Waals surface area contributed by atoms with E-state index in [1.807, 2.05) is 30.3 Å². The maximum absolute atomic E-state index is 13.0. The molecule has 0 spiro atoms. The van der Waals surface area contributed by atoms with Crippen molar-refractivity contribution in [3.8, 4) is 0 Å². The minimum absolute atomic E-state index is 0.0492. The zero-order chi connectivity index (χ0) is 22.8. The molecule has 0 bridgehead atoms. The number of nitrogens with one attached hydrogen (secondary N) is 2. The standard InChI is InChI=1S/C24H20N4O4S/c29-21(25-11-15-6-2-1-3-7-15)12-28-22(18-13-33-14-19(18)27-28)26-23(30)17-10-16-8-4-5-9-20(16)32-24(17)31/h1-10H,11-14H2,(H,25,29)(H,26,30). The van der Waals surface area contributed by atoms with E-state index in [-0.39, 0.29) is 18.0 Å². The van der Waals surface area contributed by atoms with Gasteiger partial charge >= 0.3 is 5.63 Å². The predicted molar refractivity (Wildman–Crippen MR) is 126 cm³/mol. The van der Waals surface area contributed by atoms with Gasteiger partial charge in [-0.3, -0.25) is 9.59 Å². The Bertz CT molecular complexity index is 1410. The Morgan fingerprint density at radius 2 is 1.85 bits per heavy atom. The van der Waals surface area contributed by atoms with Crippen LogP contribution < -0.4 is 16.3 Å². The Morgan fingerprint density at radius 1 is 1.06 bits per heavy atom. The smallest absolute Gasteiger partial charge is 0.349 e. The predicted octanol–water partition coefficient (Wildman–Crippen LogP) is 3.31. The lowest BCUT2D eigenvalue weighted by atomic mass is 10.1. The zero-order valence-electron chi connectivity index (χ0n) is 17.5. The fourth-order valence-electron chi connectivity index (χ4n) is 3.70. The molecule has 2 aromatic heterocycles. The largest absolute Gasteiger partial charge is 0.422 e. The molecule has 1 aliphatic rings. The van der Waals surface area contributed by atoms with E-state index in [4.69, 9.17) is 4.42 Å². The molecular weight excluding hydrogens is 440 g/mol. The average Bonchev–Trinajstić information content (AvgIpc) is 3.40. The van der Waals surface area contributed by atoms with E-state index in [1.54, 1.807) is 36.0 Å². The number of carbonyl (C=O) groups is 2. The van der Waals surface area contributed by atoms with Gasteiger partial charge in [0.1, 0.15) is 23.5 Å². The lowest BCUT2D eigenvalue weighted by Gasteiger charge is -2.11. The molecule has 8 nitrogen and oxygen atoms in total. The first-order valence-corrected chi connectivity index (χ1v) is 11.5. The highest BCUT2D eigenvalue weighted by atomic mass is 32.2. The summed E-state index contributed by atoms with van der Waals surface area (Å²) in [6, 6.07) is 18.1. The van der Waals surface area contributed by atoms with Gasteiger partial charge in [-0.05, 0) is 17.7 Å². The Balaban J connectivity index is 1.37. The molecule has 0 fully saturated rings. The molecule has 0 radical (unpaired) electrons. The fourth-order valence-corrected chi connectivity index (χ4v) is 4.74. The fraction of sp³-hybridized carbons (Fsp3) is 0.167. The summed E-state index contributed by atoms with van der Waals surface area (Å²) in [6.07, 6.45) is 0. The normalized spacial score (nSPS) is 12.5. The van der Waals surface area contributed by atoms with Gasteiger partial charge < -0.3 is 15.1 Å². The zero-order valence-corrected chi connectivity index (χ0v) is 18.4. The lowest BCUT2D eigenvalue weighted by molar-refractivity contribution is -0.122. The van der Waals surface area contributed by atoms with Crippen LogP contribution in [0.4, 0.5) is 5.82 Å². The topological polar surface area (TPSA) is 106 Å². The number of amides is 2. The molecule has 1 aliphatic heterocycles. The number of rotatable bonds is 6. The Labute approximate surface area is 193 Å². The maximum atomic E-state index is 13.0. The van der Waals surface area contributed by atoms with Crippen LogP contribution in [-0.2, 0) is 29.4 Å². The maximum Gasteiger partial charge on any atom is 0.349 e. The van der Waals surface area contributed by atoms with Crippen molar-refractivity contribution in [1.82, 2.24) is 15.1 Å². The molecule has 2 amide bonds. The Hall–Kier alpha value is -3.85. The molecule has 0 saturated heterocycles. The van der Waals surface area contributed by atoms with Gasteiger partial charge in [0.05, 0.1) is 5.69 Å². The second-order valence-electron chi connectivity index (χ2n) is 7.63.